The van der Waals surface area contributed by atoms with E-state index in [-0.39, 0.29) is 23.7 Å². The number of benzene rings is 1. The molecule has 2 rings (SSSR count). The van der Waals surface area contributed by atoms with Gasteiger partial charge >= 0.3 is 5.97 Å². The highest BCUT2D eigenvalue weighted by Crippen LogP contribution is 2.45. The van der Waals surface area contributed by atoms with Crippen LogP contribution >= 0.6 is 11.6 Å². The monoisotopic (exact) mass is 268 g/mol. The van der Waals surface area contributed by atoms with Gasteiger partial charge in [-0.3, -0.25) is 4.79 Å². The van der Waals surface area contributed by atoms with Crippen molar-refractivity contribution in [3.05, 3.63) is 28.8 Å². The van der Waals surface area contributed by atoms with Crippen molar-refractivity contribution >= 4 is 29.2 Å². The smallest absolute Gasteiger partial charge is 0.337 e. The van der Waals surface area contributed by atoms with E-state index in [0.29, 0.717) is 5.02 Å². The number of carboxylic acids is 1. The molecule has 1 aliphatic carbocycles. The number of carboxylic acid groups (broad SMARTS) is 1. The molecular weight excluding hydrogens is 256 g/mol. The summed E-state index contributed by atoms with van der Waals surface area (Å²) in [7, 11) is 0. The largest absolute Gasteiger partial charge is 0.478 e. The van der Waals surface area contributed by atoms with E-state index in [0.717, 1.165) is 12.8 Å². The highest BCUT2D eigenvalue weighted by Gasteiger charge is 2.48. The number of aromatic carboxylic acids is 1. The van der Waals surface area contributed by atoms with Gasteiger partial charge in [0, 0.05) is 11.6 Å². The minimum absolute atomic E-state index is 0.0144. The van der Waals surface area contributed by atoms with Crippen LogP contribution in [0.3, 0.4) is 0 Å². The Bertz CT molecular complexity index is 512. The van der Waals surface area contributed by atoms with Crippen molar-refractivity contribution in [2.24, 2.45) is 11.1 Å². The molecule has 1 aromatic carbocycles. The van der Waals surface area contributed by atoms with Crippen molar-refractivity contribution in [2.75, 3.05) is 11.9 Å². The molecule has 1 aliphatic rings. The van der Waals surface area contributed by atoms with Gasteiger partial charge in [0.25, 0.3) is 0 Å². The summed E-state index contributed by atoms with van der Waals surface area (Å²) in [4.78, 5) is 23.0. The summed E-state index contributed by atoms with van der Waals surface area (Å²) < 4.78 is 0. The first-order chi connectivity index (χ1) is 8.48. The van der Waals surface area contributed by atoms with Crippen LogP contribution in [0, 0.1) is 5.41 Å². The van der Waals surface area contributed by atoms with Gasteiger partial charge in [-0.15, -0.1) is 0 Å². The Balaban J connectivity index is 2.25. The summed E-state index contributed by atoms with van der Waals surface area (Å²) in [6.07, 6.45) is 1.47. The van der Waals surface area contributed by atoms with Gasteiger partial charge in [0.05, 0.1) is 16.7 Å². The molecule has 5 nitrogen and oxygen atoms in total. The molecule has 96 valence electrons. The van der Waals surface area contributed by atoms with Crippen LogP contribution in [0.1, 0.15) is 23.2 Å². The molecule has 6 heteroatoms. The number of nitrogens with one attached hydrogen (secondary N) is 1. The molecule has 0 aliphatic heterocycles. The molecule has 4 N–H and O–H groups in total. The number of rotatable bonds is 4. The van der Waals surface area contributed by atoms with Crippen LogP contribution in [-0.2, 0) is 4.79 Å². The highest BCUT2D eigenvalue weighted by molar-refractivity contribution is 6.31. The summed E-state index contributed by atoms with van der Waals surface area (Å²) >= 11 is 5.80. The Kier molecular flexibility index (Phi) is 3.28. The molecule has 1 fully saturated rings. The molecule has 0 radical (unpaired) electrons. The molecule has 18 heavy (non-hydrogen) atoms. The molecule has 0 bridgehead atoms. The maximum Gasteiger partial charge on any atom is 0.337 e. The fraction of sp³-hybridized carbons (Fsp3) is 0.333. The van der Waals surface area contributed by atoms with E-state index < -0.39 is 11.4 Å². The topological polar surface area (TPSA) is 92.4 Å². The molecule has 0 spiro atoms. The van der Waals surface area contributed by atoms with Crippen molar-refractivity contribution in [1.82, 2.24) is 0 Å². The number of nitrogens with two attached hydrogens (primary N) is 1. The third-order valence-electron chi connectivity index (χ3n) is 3.19. The minimum Gasteiger partial charge on any atom is -0.478 e. The number of anilines is 1. The summed E-state index contributed by atoms with van der Waals surface area (Å²) in [6, 6.07) is 4.26. The number of hydrogen-bond acceptors (Lipinski definition) is 3. The fourth-order valence-electron chi connectivity index (χ4n) is 1.74. The second-order valence-electron chi connectivity index (χ2n) is 4.43. The zero-order valence-electron chi connectivity index (χ0n) is 9.57. The first-order valence-electron chi connectivity index (χ1n) is 5.53. The van der Waals surface area contributed by atoms with E-state index in [9.17, 15) is 9.59 Å². The lowest BCUT2D eigenvalue weighted by Crippen LogP contribution is -2.31. The average Bonchev–Trinajstić information content (AvgIpc) is 3.09. The Morgan fingerprint density at radius 3 is 2.61 bits per heavy atom. The first-order valence-corrected chi connectivity index (χ1v) is 5.91. The molecule has 1 amide bonds. The molecule has 0 unspecified atom stereocenters. The Labute approximate surface area is 109 Å². The molecule has 1 aromatic rings. The van der Waals surface area contributed by atoms with Gasteiger partial charge in [-0.1, -0.05) is 11.6 Å². The summed E-state index contributed by atoms with van der Waals surface area (Å²) in [5.74, 6) is -1.35. The van der Waals surface area contributed by atoms with E-state index in [2.05, 4.69) is 5.32 Å². The van der Waals surface area contributed by atoms with Gasteiger partial charge in [0.1, 0.15) is 0 Å². The third kappa shape index (κ3) is 2.32. The zero-order valence-corrected chi connectivity index (χ0v) is 10.3. The van der Waals surface area contributed by atoms with Crippen LogP contribution in [0.5, 0.6) is 0 Å². The quantitative estimate of drug-likeness (QED) is 0.775. The lowest BCUT2D eigenvalue weighted by molar-refractivity contribution is -0.120. The molecule has 0 heterocycles. The average molecular weight is 269 g/mol. The third-order valence-corrected chi connectivity index (χ3v) is 3.42. The number of amides is 1. The highest BCUT2D eigenvalue weighted by atomic mass is 35.5. The van der Waals surface area contributed by atoms with Gasteiger partial charge in [-0.25, -0.2) is 4.79 Å². The van der Waals surface area contributed by atoms with E-state index in [1.54, 1.807) is 0 Å². The lowest BCUT2D eigenvalue weighted by Gasteiger charge is -2.14. The van der Waals surface area contributed by atoms with Crippen molar-refractivity contribution < 1.29 is 14.7 Å². The van der Waals surface area contributed by atoms with Crippen molar-refractivity contribution in [3.8, 4) is 0 Å². The fourth-order valence-corrected chi connectivity index (χ4v) is 1.91. The van der Waals surface area contributed by atoms with E-state index in [1.807, 2.05) is 0 Å². The molecule has 0 atom stereocenters. The van der Waals surface area contributed by atoms with Crippen LogP contribution in [0.2, 0.25) is 5.02 Å². The second-order valence-corrected chi connectivity index (χ2v) is 4.87. The summed E-state index contributed by atoms with van der Waals surface area (Å²) in [6.45, 7) is 0.266. The maximum absolute atomic E-state index is 12.0. The second kappa shape index (κ2) is 4.59. The molecular formula is C12H13ClN2O3. The first kappa shape index (κ1) is 12.9. The normalized spacial score (nSPS) is 16.1. The van der Waals surface area contributed by atoms with Crippen LogP contribution in [0.4, 0.5) is 5.69 Å². The van der Waals surface area contributed by atoms with Gasteiger partial charge in [-0.2, -0.15) is 0 Å². The maximum atomic E-state index is 12.0. The predicted molar refractivity (Wildman–Crippen MR) is 67.8 cm³/mol. The van der Waals surface area contributed by atoms with E-state index in [1.165, 1.54) is 18.2 Å². The van der Waals surface area contributed by atoms with Gasteiger partial charge < -0.3 is 16.2 Å². The van der Waals surface area contributed by atoms with Crippen molar-refractivity contribution in [3.63, 3.8) is 0 Å². The predicted octanol–water partition coefficient (Wildman–Crippen LogP) is 1.72. The van der Waals surface area contributed by atoms with Crippen LogP contribution in [0.15, 0.2) is 18.2 Å². The lowest BCUT2D eigenvalue weighted by atomic mass is 10.1. The zero-order chi connectivity index (χ0) is 13.3. The Morgan fingerprint density at radius 2 is 2.11 bits per heavy atom. The van der Waals surface area contributed by atoms with Gasteiger partial charge in [0.2, 0.25) is 5.91 Å². The minimum atomic E-state index is -1.11. The number of hydrogen-bond donors (Lipinski definition) is 3. The Hall–Kier alpha value is -1.59. The van der Waals surface area contributed by atoms with Crippen LogP contribution in [0.25, 0.3) is 0 Å². The molecule has 1 saturated carbocycles. The molecule has 0 saturated heterocycles. The summed E-state index contributed by atoms with van der Waals surface area (Å²) in [5.41, 5.74) is 5.24. The van der Waals surface area contributed by atoms with Crippen molar-refractivity contribution in [2.45, 2.75) is 12.8 Å². The van der Waals surface area contributed by atoms with Gasteiger partial charge in [0.15, 0.2) is 0 Å². The SMILES string of the molecule is NCC1(C(=O)Nc2cc(Cl)ccc2C(=O)O)CC1. The Morgan fingerprint density at radius 1 is 1.44 bits per heavy atom. The molecule has 0 aromatic heterocycles. The number of halogens is 1. The summed E-state index contributed by atoms with van der Waals surface area (Å²) in [5, 5.41) is 12.0. The number of carbonyl (C=O) groups excluding carboxylic acids is 1. The standard InChI is InChI=1S/C12H13ClN2O3/c13-7-1-2-8(10(16)17)9(5-7)15-11(18)12(6-14)3-4-12/h1-2,5H,3-4,6,14H2,(H,15,18)(H,16,17). The number of carbonyl (C=O) groups is 2. The van der Waals surface area contributed by atoms with Crippen LogP contribution in [-0.4, -0.2) is 23.5 Å². The van der Waals surface area contributed by atoms with E-state index in [4.69, 9.17) is 22.4 Å². The van der Waals surface area contributed by atoms with Crippen LogP contribution < -0.4 is 11.1 Å². The van der Waals surface area contributed by atoms with E-state index >= 15 is 0 Å². The van der Waals surface area contributed by atoms with Crippen molar-refractivity contribution in [1.29, 1.82) is 0 Å². The van der Waals surface area contributed by atoms with Gasteiger partial charge in [-0.05, 0) is 31.0 Å².